The lowest BCUT2D eigenvalue weighted by molar-refractivity contribution is 1.18. The summed E-state index contributed by atoms with van der Waals surface area (Å²) in [5.74, 6) is 0.712. The Labute approximate surface area is 281 Å². The zero-order valence-electron chi connectivity index (χ0n) is 25.8. The van der Waals surface area contributed by atoms with Crippen molar-refractivity contribution in [1.29, 1.82) is 0 Å². The predicted octanol–water partition coefficient (Wildman–Crippen LogP) is 12.1. The first-order valence-electron chi connectivity index (χ1n) is 16.2. The highest BCUT2D eigenvalue weighted by molar-refractivity contribution is 7.27. The van der Waals surface area contributed by atoms with Crippen molar-refractivity contribution in [2.75, 3.05) is 0 Å². The van der Waals surface area contributed by atoms with Crippen molar-refractivity contribution >= 4 is 64.1 Å². The van der Waals surface area contributed by atoms with Gasteiger partial charge in [0.15, 0.2) is 5.82 Å². The first-order valence-corrected chi connectivity index (χ1v) is 17.0. The van der Waals surface area contributed by atoms with Crippen molar-refractivity contribution in [2.45, 2.75) is 0 Å². The van der Waals surface area contributed by atoms with E-state index in [1.807, 2.05) is 23.5 Å². The average molecular weight is 630 g/mol. The van der Waals surface area contributed by atoms with Crippen molar-refractivity contribution in [3.63, 3.8) is 0 Å². The summed E-state index contributed by atoms with van der Waals surface area (Å²) in [5, 5.41) is 7.58. The second-order valence-corrected chi connectivity index (χ2v) is 13.2. The van der Waals surface area contributed by atoms with Gasteiger partial charge >= 0.3 is 0 Å². The van der Waals surface area contributed by atoms with E-state index in [0.29, 0.717) is 5.82 Å². The van der Waals surface area contributed by atoms with Gasteiger partial charge in [0.1, 0.15) is 0 Å². The van der Waals surface area contributed by atoms with Gasteiger partial charge in [-0.15, -0.1) is 11.3 Å². The topological polar surface area (TPSA) is 30.7 Å². The molecule has 0 fully saturated rings. The van der Waals surface area contributed by atoms with Crippen LogP contribution in [0.5, 0.6) is 0 Å². The molecule has 3 heterocycles. The Kier molecular flexibility index (Phi) is 6.05. The monoisotopic (exact) mass is 629 g/mol. The Morgan fingerprint density at radius 3 is 1.71 bits per heavy atom. The number of thiophene rings is 1. The maximum absolute atomic E-state index is 5.18. The fourth-order valence-corrected chi connectivity index (χ4v) is 8.49. The molecule has 10 rings (SSSR count). The van der Waals surface area contributed by atoms with Crippen molar-refractivity contribution < 1.29 is 0 Å². The van der Waals surface area contributed by atoms with E-state index < -0.39 is 0 Å². The maximum Gasteiger partial charge on any atom is 0.160 e. The standard InChI is InChI=1S/C44H27N3S/c1-4-14-28(15-5-1)36-27-37(29-16-6-2-7-17-29)46-44(45-36)30-24-25-38-35(26-30)40-32-20-10-11-21-33(32)43-41(34-22-12-13-23-39(34)48-43)42(40)47(38)31-18-8-3-9-19-31/h1-27H. The Morgan fingerprint density at radius 1 is 0.438 bits per heavy atom. The van der Waals surface area contributed by atoms with Crippen molar-refractivity contribution in [3.05, 3.63) is 164 Å². The van der Waals surface area contributed by atoms with E-state index >= 15 is 0 Å². The molecule has 0 atom stereocenters. The highest BCUT2D eigenvalue weighted by Gasteiger charge is 2.22. The number of fused-ring (bicyclic) bond motifs is 10. The normalized spacial score (nSPS) is 11.8. The average Bonchev–Trinajstić information content (AvgIpc) is 3.72. The molecular formula is C44H27N3S. The molecule has 3 aromatic heterocycles. The summed E-state index contributed by atoms with van der Waals surface area (Å²) in [5.41, 5.74) is 8.48. The SMILES string of the molecule is c1ccc(-c2cc(-c3ccccc3)nc(-c3ccc4c(c3)c3c5ccccc5c5sc6ccccc6c5c3n4-c3ccccc3)n2)cc1. The molecule has 7 aromatic carbocycles. The van der Waals surface area contributed by atoms with E-state index in [-0.39, 0.29) is 0 Å². The van der Waals surface area contributed by atoms with Crippen LogP contribution < -0.4 is 0 Å². The van der Waals surface area contributed by atoms with Gasteiger partial charge in [0, 0.05) is 58.7 Å². The zero-order valence-corrected chi connectivity index (χ0v) is 26.7. The van der Waals surface area contributed by atoms with Crippen LogP contribution in [0, 0.1) is 0 Å². The molecule has 0 saturated carbocycles. The Balaban J connectivity index is 1.34. The number of hydrogen-bond acceptors (Lipinski definition) is 3. The molecule has 0 spiro atoms. The first-order chi connectivity index (χ1) is 23.8. The minimum atomic E-state index is 0.712. The fraction of sp³-hybridized carbons (Fsp3) is 0. The van der Waals surface area contributed by atoms with E-state index in [1.165, 1.54) is 47.2 Å². The molecule has 3 nitrogen and oxygen atoms in total. The van der Waals surface area contributed by atoms with Crippen LogP contribution in [0.2, 0.25) is 0 Å². The van der Waals surface area contributed by atoms with Gasteiger partial charge in [-0.3, -0.25) is 0 Å². The van der Waals surface area contributed by atoms with Crippen LogP contribution in [-0.2, 0) is 0 Å². The lowest BCUT2D eigenvalue weighted by atomic mass is 9.99. The van der Waals surface area contributed by atoms with Gasteiger partial charge in [-0.2, -0.15) is 0 Å². The molecule has 0 radical (unpaired) electrons. The summed E-state index contributed by atoms with van der Waals surface area (Å²) in [7, 11) is 0. The first kappa shape index (κ1) is 27.1. The third-order valence-electron chi connectivity index (χ3n) is 9.38. The summed E-state index contributed by atoms with van der Waals surface area (Å²) in [6, 6.07) is 58.1. The number of para-hydroxylation sites is 1. The van der Waals surface area contributed by atoms with Gasteiger partial charge < -0.3 is 4.57 Å². The zero-order chi connectivity index (χ0) is 31.6. The fourth-order valence-electron chi connectivity index (χ4n) is 7.24. The minimum absolute atomic E-state index is 0.712. The molecule has 0 bridgehead atoms. The highest BCUT2D eigenvalue weighted by atomic mass is 32.1. The lowest BCUT2D eigenvalue weighted by Gasteiger charge is -2.11. The molecule has 0 aliphatic carbocycles. The van der Waals surface area contributed by atoms with Crippen LogP contribution in [0.1, 0.15) is 0 Å². The smallest absolute Gasteiger partial charge is 0.160 e. The molecule has 224 valence electrons. The van der Waals surface area contributed by atoms with Crippen molar-refractivity contribution in [2.24, 2.45) is 0 Å². The Hall–Kier alpha value is -6.10. The summed E-state index contributed by atoms with van der Waals surface area (Å²) in [6.45, 7) is 0. The molecule has 0 amide bonds. The van der Waals surface area contributed by atoms with Crippen LogP contribution in [0.3, 0.4) is 0 Å². The van der Waals surface area contributed by atoms with E-state index in [2.05, 4.69) is 156 Å². The number of aromatic nitrogens is 3. The molecule has 0 N–H and O–H groups in total. The lowest BCUT2D eigenvalue weighted by Crippen LogP contribution is -1.96. The van der Waals surface area contributed by atoms with Gasteiger partial charge in [0.25, 0.3) is 0 Å². The number of hydrogen-bond donors (Lipinski definition) is 0. The number of nitrogens with zero attached hydrogens (tertiary/aromatic N) is 3. The largest absolute Gasteiger partial charge is 0.309 e. The van der Waals surface area contributed by atoms with E-state index in [1.54, 1.807) is 0 Å². The van der Waals surface area contributed by atoms with E-state index in [9.17, 15) is 0 Å². The van der Waals surface area contributed by atoms with Crippen molar-refractivity contribution in [3.8, 4) is 39.6 Å². The van der Waals surface area contributed by atoms with Gasteiger partial charge in [-0.1, -0.05) is 121 Å². The van der Waals surface area contributed by atoms with E-state index in [0.717, 1.165) is 39.3 Å². The van der Waals surface area contributed by atoms with Crippen LogP contribution in [0.25, 0.3) is 92.3 Å². The predicted molar refractivity (Wildman–Crippen MR) is 203 cm³/mol. The van der Waals surface area contributed by atoms with Crippen LogP contribution in [-0.4, -0.2) is 14.5 Å². The third kappa shape index (κ3) is 4.13. The minimum Gasteiger partial charge on any atom is -0.309 e. The molecular weight excluding hydrogens is 603 g/mol. The molecule has 0 unspecified atom stereocenters. The van der Waals surface area contributed by atoms with E-state index in [4.69, 9.17) is 9.97 Å². The third-order valence-corrected chi connectivity index (χ3v) is 10.6. The van der Waals surface area contributed by atoms with Gasteiger partial charge in [-0.25, -0.2) is 9.97 Å². The molecule has 0 saturated heterocycles. The highest BCUT2D eigenvalue weighted by Crippen LogP contribution is 2.48. The van der Waals surface area contributed by atoms with Crippen molar-refractivity contribution in [1.82, 2.24) is 14.5 Å². The molecule has 48 heavy (non-hydrogen) atoms. The molecule has 10 aromatic rings. The van der Waals surface area contributed by atoms with Gasteiger partial charge in [0.2, 0.25) is 0 Å². The summed E-state index contributed by atoms with van der Waals surface area (Å²) >= 11 is 1.89. The molecule has 0 aliphatic heterocycles. The van der Waals surface area contributed by atoms with Crippen LogP contribution in [0.4, 0.5) is 0 Å². The number of rotatable bonds is 4. The Bertz CT molecular complexity index is 2760. The molecule has 4 heteroatoms. The van der Waals surface area contributed by atoms with Gasteiger partial charge in [-0.05, 0) is 47.9 Å². The Morgan fingerprint density at radius 2 is 1.02 bits per heavy atom. The second-order valence-electron chi connectivity index (χ2n) is 12.2. The van der Waals surface area contributed by atoms with Crippen LogP contribution >= 0.6 is 11.3 Å². The van der Waals surface area contributed by atoms with Crippen LogP contribution in [0.15, 0.2) is 164 Å². The summed E-state index contributed by atoms with van der Waals surface area (Å²) < 4.78 is 5.08. The second kappa shape index (κ2) is 10.7. The maximum atomic E-state index is 5.18. The summed E-state index contributed by atoms with van der Waals surface area (Å²) in [6.07, 6.45) is 0. The van der Waals surface area contributed by atoms with Gasteiger partial charge in [0.05, 0.1) is 22.4 Å². The number of benzene rings is 7. The molecule has 0 aliphatic rings. The quantitative estimate of drug-likeness (QED) is 0.194. The summed E-state index contributed by atoms with van der Waals surface area (Å²) in [4.78, 5) is 10.4.